The molecule has 24 heavy (non-hydrogen) atoms. The molecule has 0 saturated carbocycles. The number of nitrogens with one attached hydrogen (secondary N) is 1. The Hall–Kier alpha value is -2.72. The number of pyridine rings is 1. The van der Waals surface area contributed by atoms with Crippen molar-refractivity contribution in [3.05, 3.63) is 47.8 Å². The summed E-state index contributed by atoms with van der Waals surface area (Å²) in [6.07, 6.45) is 6.93. The monoisotopic (exact) mass is 325 g/mol. The van der Waals surface area contributed by atoms with E-state index in [0.717, 1.165) is 18.7 Å². The van der Waals surface area contributed by atoms with Crippen LogP contribution in [0.2, 0.25) is 0 Å². The molecule has 0 radical (unpaired) electrons. The van der Waals surface area contributed by atoms with Crippen molar-refractivity contribution in [2.45, 2.75) is 18.9 Å². The Kier molecular flexibility index (Phi) is 4.87. The van der Waals surface area contributed by atoms with Gasteiger partial charge in [-0.15, -0.1) is 0 Å². The van der Waals surface area contributed by atoms with Crippen LogP contribution in [0, 0.1) is 17.2 Å². The minimum absolute atomic E-state index is 0.119. The van der Waals surface area contributed by atoms with Gasteiger partial charge in [-0.2, -0.15) is 5.26 Å². The highest BCUT2D eigenvalue weighted by molar-refractivity contribution is 5.94. The van der Waals surface area contributed by atoms with Crippen LogP contribution in [0.4, 0.5) is 0 Å². The number of amides is 1. The lowest BCUT2D eigenvalue weighted by atomic mass is 9.93. The van der Waals surface area contributed by atoms with Crippen LogP contribution in [0.1, 0.15) is 40.8 Å². The van der Waals surface area contributed by atoms with Gasteiger partial charge in [0.05, 0.1) is 0 Å². The number of hydrogen-bond acceptors (Lipinski definition) is 5. The summed E-state index contributed by atoms with van der Waals surface area (Å²) in [6.45, 7) is 1.21. The van der Waals surface area contributed by atoms with Gasteiger partial charge >= 0.3 is 0 Å². The maximum atomic E-state index is 12.3. The Morgan fingerprint density at radius 1 is 1.50 bits per heavy atom. The second kappa shape index (κ2) is 7.23. The molecule has 1 saturated heterocycles. The highest BCUT2D eigenvalue weighted by Gasteiger charge is 2.30. The summed E-state index contributed by atoms with van der Waals surface area (Å²) in [6, 6.07) is 5.03. The van der Waals surface area contributed by atoms with Crippen LogP contribution in [-0.2, 0) is 11.8 Å². The number of rotatable bonds is 4. The van der Waals surface area contributed by atoms with Gasteiger partial charge in [-0.3, -0.25) is 4.79 Å². The quantitative estimate of drug-likeness (QED) is 0.921. The van der Waals surface area contributed by atoms with E-state index in [4.69, 9.17) is 10.00 Å². The van der Waals surface area contributed by atoms with Gasteiger partial charge in [-0.1, -0.05) is 0 Å². The normalized spacial score (nSPS) is 20.3. The molecule has 1 amide bonds. The van der Waals surface area contributed by atoms with Crippen LogP contribution < -0.4 is 5.32 Å². The maximum absolute atomic E-state index is 12.3. The van der Waals surface area contributed by atoms with Crippen molar-refractivity contribution in [3.63, 3.8) is 0 Å². The Labute approximate surface area is 140 Å². The van der Waals surface area contributed by atoms with E-state index in [1.807, 2.05) is 23.9 Å². The van der Waals surface area contributed by atoms with Crippen LogP contribution >= 0.6 is 0 Å². The Morgan fingerprint density at radius 3 is 3.12 bits per heavy atom. The minimum atomic E-state index is -0.210. The SMILES string of the molecule is Cn1ccnc1[C@@H]1OCCC[C@H]1CNC(=O)c1ccnc(C#N)c1. The standard InChI is InChI=1S/C17H19N5O2/c1-22-7-6-20-16(22)15-13(3-2-8-24-15)11-21-17(23)12-4-5-19-14(9-12)10-18/h4-7,9,13,15H,2-3,8,11H2,1H3,(H,21,23)/t13-,15+/m0/s1. The molecular formula is C17H19N5O2. The zero-order valence-electron chi connectivity index (χ0n) is 13.5. The van der Waals surface area contributed by atoms with Crippen molar-refractivity contribution in [1.82, 2.24) is 19.9 Å². The summed E-state index contributed by atoms with van der Waals surface area (Å²) < 4.78 is 7.85. The van der Waals surface area contributed by atoms with Gasteiger partial charge in [0, 0.05) is 50.3 Å². The number of imidazole rings is 1. The smallest absolute Gasteiger partial charge is 0.251 e. The fourth-order valence-corrected chi connectivity index (χ4v) is 2.95. The summed E-state index contributed by atoms with van der Waals surface area (Å²) in [5.74, 6) is 0.837. The molecule has 2 aromatic heterocycles. The molecule has 3 heterocycles. The molecule has 0 aliphatic carbocycles. The van der Waals surface area contributed by atoms with Crippen LogP contribution in [0.15, 0.2) is 30.7 Å². The topological polar surface area (TPSA) is 92.8 Å². The van der Waals surface area contributed by atoms with E-state index in [0.29, 0.717) is 18.7 Å². The second-order valence-electron chi connectivity index (χ2n) is 5.84. The van der Waals surface area contributed by atoms with Crippen molar-refractivity contribution in [1.29, 1.82) is 5.26 Å². The Morgan fingerprint density at radius 2 is 2.38 bits per heavy atom. The molecule has 2 aromatic rings. The highest BCUT2D eigenvalue weighted by Crippen LogP contribution is 2.32. The van der Waals surface area contributed by atoms with E-state index in [9.17, 15) is 4.79 Å². The van der Waals surface area contributed by atoms with Crippen LogP contribution in [0.3, 0.4) is 0 Å². The van der Waals surface area contributed by atoms with Gasteiger partial charge in [-0.05, 0) is 25.0 Å². The van der Waals surface area contributed by atoms with Crippen LogP contribution in [0.5, 0.6) is 0 Å². The molecule has 0 spiro atoms. The lowest BCUT2D eigenvalue weighted by Gasteiger charge is -2.31. The molecule has 1 aliphatic rings. The van der Waals surface area contributed by atoms with Crippen molar-refractivity contribution in [3.8, 4) is 6.07 Å². The Balaban J connectivity index is 1.67. The van der Waals surface area contributed by atoms with E-state index in [1.54, 1.807) is 12.3 Å². The molecular weight excluding hydrogens is 306 g/mol. The molecule has 1 fully saturated rings. The molecule has 0 unspecified atom stereocenters. The van der Waals surface area contributed by atoms with Crippen LogP contribution in [0.25, 0.3) is 0 Å². The number of hydrogen-bond donors (Lipinski definition) is 1. The number of aromatic nitrogens is 3. The molecule has 0 bridgehead atoms. The summed E-state index contributed by atoms with van der Waals surface area (Å²) >= 11 is 0. The van der Waals surface area contributed by atoms with Gasteiger partial charge in [0.1, 0.15) is 23.7 Å². The molecule has 7 heteroatoms. The second-order valence-corrected chi connectivity index (χ2v) is 5.84. The highest BCUT2D eigenvalue weighted by atomic mass is 16.5. The zero-order chi connectivity index (χ0) is 16.9. The summed E-state index contributed by atoms with van der Waals surface area (Å²) in [5.41, 5.74) is 0.668. The van der Waals surface area contributed by atoms with E-state index < -0.39 is 0 Å². The van der Waals surface area contributed by atoms with Gasteiger partial charge in [0.15, 0.2) is 0 Å². The minimum Gasteiger partial charge on any atom is -0.370 e. The lowest BCUT2D eigenvalue weighted by molar-refractivity contribution is -0.0337. The first kappa shape index (κ1) is 16.1. The van der Waals surface area contributed by atoms with Crippen LogP contribution in [-0.4, -0.2) is 33.6 Å². The molecule has 1 aliphatic heterocycles. The number of carbonyl (C=O) groups excluding carboxylic acids is 1. The van der Waals surface area contributed by atoms with Gasteiger partial charge in [0.2, 0.25) is 0 Å². The Bertz CT molecular complexity index is 764. The summed E-state index contributed by atoms with van der Waals surface area (Å²) in [4.78, 5) is 20.6. The average molecular weight is 325 g/mol. The fraction of sp³-hybridized carbons (Fsp3) is 0.412. The number of aryl methyl sites for hydroxylation is 1. The third-order valence-electron chi connectivity index (χ3n) is 4.22. The number of ether oxygens (including phenoxy) is 1. The van der Waals surface area contributed by atoms with Gasteiger partial charge in [0.25, 0.3) is 5.91 Å². The van der Waals surface area contributed by atoms with Crippen molar-refractivity contribution in [2.24, 2.45) is 13.0 Å². The van der Waals surface area contributed by atoms with E-state index in [-0.39, 0.29) is 23.6 Å². The molecule has 7 nitrogen and oxygen atoms in total. The third-order valence-corrected chi connectivity index (χ3v) is 4.22. The molecule has 0 aromatic carbocycles. The van der Waals surface area contributed by atoms with Crippen molar-refractivity contribution >= 4 is 5.91 Å². The number of carbonyl (C=O) groups is 1. The molecule has 1 N–H and O–H groups in total. The zero-order valence-corrected chi connectivity index (χ0v) is 13.5. The largest absolute Gasteiger partial charge is 0.370 e. The first-order valence-electron chi connectivity index (χ1n) is 7.92. The number of nitriles is 1. The van der Waals surface area contributed by atoms with Crippen molar-refractivity contribution in [2.75, 3.05) is 13.2 Å². The molecule has 3 rings (SSSR count). The lowest BCUT2D eigenvalue weighted by Crippen LogP contribution is -2.36. The first-order valence-corrected chi connectivity index (χ1v) is 7.92. The van der Waals surface area contributed by atoms with E-state index in [2.05, 4.69) is 15.3 Å². The maximum Gasteiger partial charge on any atom is 0.251 e. The summed E-state index contributed by atoms with van der Waals surface area (Å²) in [7, 11) is 1.94. The summed E-state index contributed by atoms with van der Waals surface area (Å²) in [5, 5.41) is 11.8. The van der Waals surface area contributed by atoms with Gasteiger partial charge in [-0.25, -0.2) is 9.97 Å². The van der Waals surface area contributed by atoms with Gasteiger partial charge < -0.3 is 14.6 Å². The first-order chi connectivity index (χ1) is 11.7. The van der Waals surface area contributed by atoms with E-state index >= 15 is 0 Å². The molecule has 2 atom stereocenters. The molecule has 124 valence electrons. The average Bonchev–Trinajstić information content (AvgIpc) is 3.05. The predicted octanol–water partition coefficient (Wildman–Crippen LogP) is 1.58. The van der Waals surface area contributed by atoms with E-state index in [1.165, 1.54) is 12.3 Å². The number of nitrogens with zero attached hydrogens (tertiary/aromatic N) is 4. The van der Waals surface area contributed by atoms with Crippen molar-refractivity contribution < 1.29 is 9.53 Å². The third kappa shape index (κ3) is 3.44. The predicted molar refractivity (Wildman–Crippen MR) is 85.9 cm³/mol. The fourth-order valence-electron chi connectivity index (χ4n) is 2.95.